The minimum atomic E-state index is -3.29. The van der Waals surface area contributed by atoms with Gasteiger partial charge in [0.2, 0.25) is 26.0 Å². The smallest absolute Gasteiger partial charge is 1.00 e. The number of hydrogen-bond donors (Lipinski definition) is 2. The quantitative estimate of drug-likeness (QED) is 0.200. The van der Waals surface area contributed by atoms with Crippen molar-refractivity contribution >= 4 is 77.4 Å². The summed E-state index contributed by atoms with van der Waals surface area (Å²) in [5.74, 6) is 2.53. The van der Waals surface area contributed by atoms with Crippen LogP contribution in [0.25, 0.3) is 0 Å². The van der Waals surface area contributed by atoms with Crippen molar-refractivity contribution in [3.8, 4) is 0 Å². The molecule has 9 nitrogen and oxygen atoms in total. The van der Waals surface area contributed by atoms with Gasteiger partial charge in [-0.25, -0.2) is 16.8 Å². The Morgan fingerprint density at radius 3 is 1.60 bits per heavy atom. The summed E-state index contributed by atoms with van der Waals surface area (Å²) in [5.41, 5.74) is 6.61. The molecule has 4 fully saturated rings. The molecule has 2 saturated heterocycles. The number of sulfonamides is 2. The first-order valence-corrected chi connectivity index (χ1v) is 24.7. The van der Waals surface area contributed by atoms with Gasteiger partial charge in [0.1, 0.15) is 0 Å². The number of nitrogens with one attached hydrogen (secondary N) is 2. The van der Waals surface area contributed by atoms with E-state index in [-0.39, 0.29) is 54.4 Å². The van der Waals surface area contributed by atoms with E-state index in [1.165, 1.54) is 52.1 Å². The summed E-state index contributed by atoms with van der Waals surface area (Å²) < 4.78 is 51.2. The van der Waals surface area contributed by atoms with E-state index in [1.54, 1.807) is 17.4 Å². The normalized spacial score (nSPS) is 25.9. The van der Waals surface area contributed by atoms with Crippen LogP contribution in [0.4, 0.5) is 11.4 Å². The van der Waals surface area contributed by atoms with Crippen molar-refractivity contribution < 1.29 is 41.9 Å². The molecule has 2 N–H and O–H groups in total. The number of amides is 1. The Hall–Kier alpha value is -2.10. The number of hydrogen-bond acceptors (Lipinski definition) is 8. The number of piperidine rings is 2. The van der Waals surface area contributed by atoms with Gasteiger partial charge in [-0.1, -0.05) is 38.1 Å². The zero-order valence-corrected chi connectivity index (χ0v) is 36.9. The van der Waals surface area contributed by atoms with E-state index < -0.39 is 20.0 Å². The molecule has 2 aliphatic heterocycles. The molecule has 2 aromatic carbocycles. The van der Waals surface area contributed by atoms with Crippen LogP contribution in [-0.4, -0.2) is 95.1 Å². The SMILES string of the molecule is Cc1ccsc1CCC(=O)N1CC2C(C1)C2(C)c1cccc(NS(C)(=O)=O)c1.Cc1ccsc1CCCN1CC2C(C1)C2(C)c1cccc(NS(C)(=O)=O)c1.[AlH3].[H-].[Li+]. The van der Waals surface area contributed by atoms with Crippen LogP contribution in [0.15, 0.2) is 71.4 Å². The Balaban J connectivity index is 0.000000244. The fraction of sp³-hybridized carbons (Fsp3) is 0.500. The molecule has 4 aliphatic rings. The molecule has 4 heterocycles. The van der Waals surface area contributed by atoms with E-state index in [0.29, 0.717) is 41.5 Å². The fourth-order valence-electron chi connectivity index (χ4n) is 9.51. The summed E-state index contributed by atoms with van der Waals surface area (Å²) in [6.45, 7) is 14.0. The third-order valence-corrected chi connectivity index (χ3v) is 16.3. The van der Waals surface area contributed by atoms with Crippen LogP contribution in [0, 0.1) is 37.5 Å². The molecule has 0 radical (unpaired) electrons. The molecule has 2 aliphatic carbocycles. The monoisotopic (exact) mass is 860 g/mol. The molecule has 4 aromatic rings. The average molecular weight is 861 g/mol. The van der Waals surface area contributed by atoms with E-state index in [2.05, 4.69) is 77.1 Å². The van der Waals surface area contributed by atoms with Crippen molar-refractivity contribution in [2.45, 2.75) is 64.2 Å². The molecule has 2 aromatic heterocycles. The van der Waals surface area contributed by atoms with Crippen LogP contribution in [0.5, 0.6) is 0 Å². The summed E-state index contributed by atoms with van der Waals surface area (Å²) in [5, 5.41) is 4.27. The Bertz CT molecular complexity index is 2260. The zero-order valence-electron chi connectivity index (χ0n) is 34.7. The van der Waals surface area contributed by atoms with Crippen molar-refractivity contribution in [2.24, 2.45) is 23.7 Å². The summed E-state index contributed by atoms with van der Waals surface area (Å²) in [6, 6.07) is 19.9. The molecule has 8 rings (SSSR count). The van der Waals surface area contributed by atoms with E-state index in [1.807, 2.05) is 46.6 Å². The summed E-state index contributed by atoms with van der Waals surface area (Å²) >= 11 is 3.60. The second-order valence-corrected chi connectivity index (χ2v) is 22.1. The molecule has 304 valence electrons. The Kier molecular flexibility index (Phi) is 14.4. The van der Waals surface area contributed by atoms with Gasteiger partial charge in [0.25, 0.3) is 0 Å². The van der Waals surface area contributed by atoms with E-state index >= 15 is 0 Å². The van der Waals surface area contributed by atoms with Gasteiger partial charge in [-0.15, -0.1) is 22.7 Å². The second-order valence-electron chi connectivity index (χ2n) is 16.6. The van der Waals surface area contributed by atoms with Gasteiger partial charge in [-0.05, 0) is 133 Å². The summed E-state index contributed by atoms with van der Waals surface area (Å²) in [6.07, 6.45) is 6.17. The minimum absolute atomic E-state index is 0. The molecule has 57 heavy (non-hydrogen) atoms. The predicted octanol–water partition coefficient (Wildman–Crippen LogP) is 3.22. The number of rotatable bonds is 13. The topological polar surface area (TPSA) is 116 Å². The molecule has 15 heteroatoms. The van der Waals surface area contributed by atoms with Gasteiger partial charge in [0, 0.05) is 64.6 Å². The first-order valence-electron chi connectivity index (χ1n) is 19.2. The van der Waals surface area contributed by atoms with Crippen LogP contribution in [0.3, 0.4) is 0 Å². The summed E-state index contributed by atoms with van der Waals surface area (Å²) in [7, 11) is -6.52. The van der Waals surface area contributed by atoms with Gasteiger partial charge < -0.3 is 11.2 Å². The van der Waals surface area contributed by atoms with Crippen molar-refractivity contribution in [1.82, 2.24) is 9.80 Å². The molecule has 2 saturated carbocycles. The number of anilines is 2. The Morgan fingerprint density at radius 1 is 0.737 bits per heavy atom. The Morgan fingerprint density at radius 2 is 1.18 bits per heavy atom. The molecular formula is C42H58AlLiN4O5S4. The Labute approximate surface area is 372 Å². The van der Waals surface area contributed by atoms with Gasteiger partial charge in [0.05, 0.1) is 12.5 Å². The zero-order chi connectivity index (χ0) is 39.3. The van der Waals surface area contributed by atoms with Crippen LogP contribution in [0.1, 0.15) is 60.1 Å². The van der Waals surface area contributed by atoms with E-state index in [9.17, 15) is 21.6 Å². The van der Waals surface area contributed by atoms with Gasteiger partial charge in [-0.2, -0.15) is 0 Å². The van der Waals surface area contributed by atoms with Gasteiger partial charge >= 0.3 is 18.9 Å². The molecule has 0 bridgehead atoms. The van der Waals surface area contributed by atoms with Crippen LogP contribution < -0.4 is 28.3 Å². The third kappa shape index (κ3) is 10.3. The first kappa shape index (κ1) is 46.0. The molecule has 4 atom stereocenters. The largest absolute Gasteiger partial charge is 1.00 e. The minimum Gasteiger partial charge on any atom is -1.00 e. The molecule has 1 amide bonds. The number of nitrogens with zero attached hydrogens (tertiary/aromatic N) is 2. The number of fused-ring (bicyclic) bond motifs is 2. The number of benzene rings is 2. The van der Waals surface area contributed by atoms with Crippen molar-refractivity contribution in [1.29, 1.82) is 0 Å². The maximum absolute atomic E-state index is 12.6. The van der Waals surface area contributed by atoms with Crippen LogP contribution in [0.2, 0.25) is 0 Å². The number of thiophene rings is 2. The average Bonchev–Trinajstić information content (AvgIpc) is 3.59. The van der Waals surface area contributed by atoms with Crippen LogP contribution in [-0.2, 0) is 48.5 Å². The van der Waals surface area contributed by atoms with Crippen molar-refractivity contribution in [3.05, 3.63) is 103 Å². The number of likely N-dealkylation sites (tertiary alicyclic amines) is 2. The predicted molar refractivity (Wildman–Crippen MR) is 237 cm³/mol. The van der Waals surface area contributed by atoms with Crippen LogP contribution >= 0.6 is 22.7 Å². The summed E-state index contributed by atoms with van der Waals surface area (Å²) in [4.78, 5) is 20.1. The number of carbonyl (C=O) groups is 1. The van der Waals surface area contributed by atoms with E-state index in [0.717, 1.165) is 44.4 Å². The molecule has 0 spiro atoms. The number of carbonyl (C=O) groups excluding carboxylic acids is 1. The molecule has 4 unspecified atom stereocenters. The van der Waals surface area contributed by atoms with Gasteiger partial charge in [-0.3, -0.25) is 14.2 Å². The maximum Gasteiger partial charge on any atom is 1.00 e. The van der Waals surface area contributed by atoms with Crippen molar-refractivity contribution in [2.75, 3.05) is 54.7 Å². The van der Waals surface area contributed by atoms with Gasteiger partial charge in [0.15, 0.2) is 17.4 Å². The second kappa shape index (κ2) is 17.9. The first-order chi connectivity index (χ1) is 26.0. The fourth-order valence-corrected chi connectivity index (χ4v) is 12.5. The van der Waals surface area contributed by atoms with Crippen molar-refractivity contribution in [3.63, 3.8) is 0 Å². The molecular weight excluding hydrogens is 803 g/mol. The number of aryl methyl sites for hydroxylation is 4. The maximum atomic E-state index is 12.6. The van der Waals surface area contributed by atoms with E-state index in [4.69, 9.17) is 0 Å². The third-order valence-electron chi connectivity index (χ3n) is 12.9. The standard InChI is InChI=1S/C21H26N2O3S2.C21H28N2O2S2.Al.Li.4H/c1-14-9-10-27-19(14)7-8-20(24)23-12-17-18(13-23)21(17,2)15-5-4-6-16(11-15)22-28(3,25)26;1-15-9-11-26-20(15)8-5-10-23-13-18-19(14-23)21(18,2)16-6-4-7-17(12-16)22-27(3,24)25;;;;;;/h4-6,9-11,17-18,22H,7-8,12-13H2,1-3H3;4,6-7,9,11-12,18-19,22H,5,8,10,13-14H2,1-3H3;;;;;;/q;;;+1;;;;-1.